The van der Waals surface area contributed by atoms with Gasteiger partial charge in [0.05, 0.1) is 13.1 Å². The number of H-pyrrole nitrogens is 1. The van der Waals surface area contributed by atoms with E-state index in [1.807, 2.05) is 76.2 Å². The number of rotatable bonds is 8. The number of carbonyl (C=O) groups is 1. The molecule has 0 saturated carbocycles. The Hall–Kier alpha value is -3.81. The van der Waals surface area contributed by atoms with Crippen molar-refractivity contribution in [2.45, 2.75) is 34.2 Å². The highest BCUT2D eigenvalue weighted by Crippen LogP contribution is 2.20. The molecule has 0 atom stereocenters. The first-order valence-electron chi connectivity index (χ1n) is 10.9. The average Bonchev–Trinajstić information content (AvgIpc) is 2.74. The highest BCUT2D eigenvalue weighted by atomic mass is 16.2. The Morgan fingerprint density at radius 1 is 1.09 bits per heavy atom. The number of nitrogens with one attached hydrogen (secondary N) is 2. The van der Waals surface area contributed by atoms with E-state index < -0.39 is 11.2 Å². The van der Waals surface area contributed by atoms with Crippen LogP contribution >= 0.6 is 0 Å². The number of aromatic nitrogens is 2. The fourth-order valence-electron chi connectivity index (χ4n) is 3.79. The number of carbonyl (C=O) groups excluding carboxylic acids is 1. The summed E-state index contributed by atoms with van der Waals surface area (Å²) in [6.07, 6.45) is 0. The minimum Gasteiger partial charge on any atom is -0.383 e. The molecule has 0 saturated heterocycles. The summed E-state index contributed by atoms with van der Waals surface area (Å²) in [6, 6.07) is 15.3. The lowest BCUT2D eigenvalue weighted by Gasteiger charge is -2.26. The first-order chi connectivity index (χ1) is 15.7. The number of aromatic amines is 1. The van der Waals surface area contributed by atoms with Gasteiger partial charge < -0.3 is 16.0 Å². The topological polar surface area (TPSA) is 113 Å². The van der Waals surface area contributed by atoms with E-state index in [4.69, 9.17) is 5.73 Å². The van der Waals surface area contributed by atoms with Crippen molar-refractivity contribution in [3.63, 3.8) is 0 Å². The molecule has 2 aromatic carbocycles. The standard InChI is InChI=1S/C25H31N5O3/c1-16(2)14-29(21(31)13-27-20-11-17(3)10-18(4)12-20)22-23(26)30(25(33)28-24(22)32)15-19-8-6-5-7-9-19/h5-12,16,27H,13-15,26H2,1-4H3,(H,28,32,33). The van der Waals surface area contributed by atoms with E-state index in [9.17, 15) is 14.4 Å². The lowest BCUT2D eigenvalue weighted by molar-refractivity contribution is -0.117. The van der Waals surface area contributed by atoms with Crippen molar-refractivity contribution in [1.29, 1.82) is 0 Å². The quantitative estimate of drug-likeness (QED) is 0.489. The molecule has 0 fully saturated rings. The summed E-state index contributed by atoms with van der Waals surface area (Å²) in [4.78, 5) is 42.3. The molecule has 0 unspecified atom stereocenters. The number of nitrogens with two attached hydrogens (primary N) is 1. The third-order valence-corrected chi connectivity index (χ3v) is 5.18. The third-order valence-electron chi connectivity index (χ3n) is 5.18. The van der Waals surface area contributed by atoms with Crippen molar-refractivity contribution in [1.82, 2.24) is 9.55 Å². The van der Waals surface area contributed by atoms with E-state index in [2.05, 4.69) is 10.3 Å². The first-order valence-corrected chi connectivity index (χ1v) is 10.9. The van der Waals surface area contributed by atoms with Crippen LogP contribution in [0.25, 0.3) is 0 Å². The monoisotopic (exact) mass is 449 g/mol. The van der Waals surface area contributed by atoms with Crippen LogP contribution in [0, 0.1) is 19.8 Å². The Balaban J connectivity index is 1.95. The van der Waals surface area contributed by atoms with Crippen LogP contribution in [-0.2, 0) is 11.3 Å². The van der Waals surface area contributed by atoms with Gasteiger partial charge in [0.15, 0.2) is 5.69 Å². The average molecular weight is 450 g/mol. The summed E-state index contributed by atoms with van der Waals surface area (Å²) in [6.45, 7) is 8.31. The summed E-state index contributed by atoms with van der Waals surface area (Å²) in [5.74, 6) is -0.276. The SMILES string of the molecule is Cc1cc(C)cc(NCC(=O)N(CC(C)C)c2c(N)n(Cc3ccccc3)c(=O)[nH]c2=O)c1. The van der Waals surface area contributed by atoms with E-state index >= 15 is 0 Å². The summed E-state index contributed by atoms with van der Waals surface area (Å²) < 4.78 is 1.28. The molecule has 0 aliphatic rings. The van der Waals surface area contributed by atoms with Crippen molar-refractivity contribution in [2.24, 2.45) is 5.92 Å². The van der Waals surface area contributed by atoms with Crippen molar-refractivity contribution in [3.05, 3.63) is 86.1 Å². The molecular formula is C25H31N5O3. The number of anilines is 3. The summed E-state index contributed by atoms with van der Waals surface area (Å²) >= 11 is 0. The van der Waals surface area contributed by atoms with Crippen molar-refractivity contribution >= 4 is 23.1 Å². The van der Waals surface area contributed by atoms with E-state index in [-0.39, 0.29) is 43.0 Å². The number of hydrogen-bond acceptors (Lipinski definition) is 5. The zero-order valence-electron chi connectivity index (χ0n) is 19.5. The molecule has 3 rings (SSSR count). The number of aryl methyl sites for hydroxylation is 2. The van der Waals surface area contributed by atoms with Gasteiger partial charge >= 0.3 is 5.69 Å². The number of benzene rings is 2. The van der Waals surface area contributed by atoms with Crippen LogP contribution in [0.4, 0.5) is 17.2 Å². The molecule has 0 spiro atoms. The summed E-state index contributed by atoms with van der Waals surface area (Å²) in [5.41, 5.74) is 8.85. The van der Waals surface area contributed by atoms with Gasteiger partial charge in [-0.1, -0.05) is 50.2 Å². The predicted octanol–water partition coefficient (Wildman–Crippen LogP) is 2.89. The van der Waals surface area contributed by atoms with Crippen LogP contribution in [0.15, 0.2) is 58.1 Å². The van der Waals surface area contributed by atoms with Crippen LogP contribution in [0.5, 0.6) is 0 Å². The van der Waals surface area contributed by atoms with Gasteiger partial charge in [-0.15, -0.1) is 0 Å². The van der Waals surface area contributed by atoms with E-state index in [0.717, 1.165) is 22.4 Å². The lowest BCUT2D eigenvalue weighted by Crippen LogP contribution is -2.44. The van der Waals surface area contributed by atoms with Crippen LogP contribution in [0.1, 0.15) is 30.5 Å². The fourth-order valence-corrected chi connectivity index (χ4v) is 3.79. The van der Waals surface area contributed by atoms with E-state index in [0.29, 0.717) is 0 Å². The Kier molecular flexibility index (Phi) is 7.37. The molecule has 174 valence electrons. The molecule has 4 N–H and O–H groups in total. The Morgan fingerprint density at radius 3 is 2.33 bits per heavy atom. The zero-order chi connectivity index (χ0) is 24.1. The van der Waals surface area contributed by atoms with Crippen molar-refractivity contribution in [3.8, 4) is 0 Å². The molecule has 0 aliphatic carbocycles. The number of amides is 1. The smallest absolute Gasteiger partial charge is 0.330 e. The van der Waals surface area contributed by atoms with Crippen LogP contribution in [-0.4, -0.2) is 28.5 Å². The lowest BCUT2D eigenvalue weighted by atomic mass is 10.1. The van der Waals surface area contributed by atoms with Crippen LogP contribution in [0.3, 0.4) is 0 Å². The molecule has 8 heteroatoms. The molecule has 8 nitrogen and oxygen atoms in total. The van der Waals surface area contributed by atoms with Crippen molar-refractivity contribution in [2.75, 3.05) is 29.0 Å². The molecule has 0 aliphatic heterocycles. The zero-order valence-corrected chi connectivity index (χ0v) is 19.5. The second-order valence-corrected chi connectivity index (χ2v) is 8.69. The van der Waals surface area contributed by atoms with Gasteiger partial charge in [-0.05, 0) is 48.6 Å². The maximum atomic E-state index is 13.2. The normalized spacial score (nSPS) is 10.9. The Bertz CT molecular complexity index is 1220. The minimum atomic E-state index is -0.679. The highest BCUT2D eigenvalue weighted by Gasteiger charge is 2.25. The number of nitrogen functional groups attached to an aromatic ring is 1. The van der Waals surface area contributed by atoms with Crippen LogP contribution in [0.2, 0.25) is 0 Å². The molecule has 1 heterocycles. The molecular weight excluding hydrogens is 418 g/mol. The molecule has 0 radical (unpaired) electrons. The van der Waals surface area contributed by atoms with Gasteiger partial charge in [-0.25, -0.2) is 4.79 Å². The minimum absolute atomic E-state index is 0.00791. The number of hydrogen-bond donors (Lipinski definition) is 3. The summed E-state index contributed by atoms with van der Waals surface area (Å²) in [7, 11) is 0. The van der Waals surface area contributed by atoms with Crippen LogP contribution < -0.4 is 27.2 Å². The molecule has 0 bridgehead atoms. The maximum absolute atomic E-state index is 13.2. The summed E-state index contributed by atoms with van der Waals surface area (Å²) in [5, 5.41) is 3.14. The molecule has 3 aromatic rings. The highest BCUT2D eigenvalue weighted by molar-refractivity contribution is 5.98. The third kappa shape index (κ3) is 5.91. The number of nitrogens with zero attached hydrogens (tertiary/aromatic N) is 2. The molecule has 1 aromatic heterocycles. The Labute approximate surface area is 193 Å². The van der Waals surface area contributed by atoms with Gasteiger partial charge in [0.1, 0.15) is 5.82 Å². The molecule has 33 heavy (non-hydrogen) atoms. The second kappa shape index (κ2) is 10.2. The maximum Gasteiger partial charge on any atom is 0.330 e. The predicted molar refractivity (Wildman–Crippen MR) is 133 cm³/mol. The van der Waals surface area contributed by atoms with E-state index in [1.165, 1.54) is 9.47 Å². The largest absolute Gasteiger partial charge is 0.383 e. The van der Waals surface area contributed by atoms with Gasteiger partial charge in [-0.3, -0.25) is 19.1 Å². The van der Waals surface area contributed by atoms with Gasteiger partial charge in [-0.2, -0.15) is 0 Å². The van der Waals surface area contributed by atoms with Crippen molar-refractivity contribution < 1.29 is 4.79 Å². The molecule has 1 amide bonds. The fraction of sp³-hybridized carbons (Fsp3) is 0.320. The van der Waals surface area contributed by atoms with E-state index in [1.54, 1.807) is 0 Å². The van der Waals surface area contributed by atoms with Gasteiger partial charge in [0.25, 0.3) is 5.56 Å². The first kappa shape index (κ1) is 23.8. The Morgan fingerprint density at radius 2 is 1.73 bits per heavy atom. The second-order valence-electron chi connectivity index (χ2n) is 8.69. The van der Waals surface area contributed by atoms with Gasteiger partial charge in [0.2, 0.25) is 5.91 Å². The van der Waals surface area contributed by atoms with Gasteiger partial charge in [0, 0.05) is 12.2 Å².